The zero-order chi connectivity index (χ0) is 30.5. The molecule has 4 atom stereocenters. The lowest BCUT2D eigenvalue weighted by atomic mass is 9.94. The molecular weight excluding hydrogens is 532 g/mol. The monoisotopic (exact) mass is 575 g/mol. The first kappa shape index (κ1) is 32.6. The fourth-order valence-corrected chi connectivity index (χ4v) is 4.97. The number of benzene rings is 3. The van der Waals surface area contributed by atoms with E-state index in [1.54, 1.807) is 20.8 Å². The van der Waals surface area contributed by atoms with Crippen LogP contribution in [-0.2, 0) is 19.4 Å². The molecule has 5 N–H and O–H groups in total. The average molecular weight is 576 g/mol. The number of nitrogens with zero attached hydrogens (tertiary/aromatic N) is 1. The zero-order valence-electron chi connectivity index (χ0n) is 24.6. The van der Waals surface area contributed by atoms with Gasteiger partial charge in [-0.25, -0.2) is 4.79 Å². The molecule has 3 aromatic carbocycles. The molecule has 0 spiro atoms. The Kier molecular flexibility index (Phi) is 12.3. The standard InChI is InChI=1S/C33H44N4O5/c1-33(2,3)37(32(41)42)28(20-25-15-9-5-10-16-25)30(39)23-34-22-29(38)27(19-24-13-7-4-8-14-24)36-31(40)35-21-26-17-11-6-12-18-26/h4-18,27-30,34,38-39H,19-23H2,1-3H3,(H,41,42)(H2,35,36,40)/p-1/t27-,28-,29+,30+/m0/s1. The van der Waals surface area contributed by atoms with Gasteiger partial charge in [0.05, 0.1) is 24.3 Å². The van der Waals surface area contributed by atoms with E-state index in [0.717, 1.165) is 16.7 Å². The number of rotatable bonds is 14. The topological polar surface area (TPSA) is 137 Å². The van der Waals surface area contributed by atoms with E-state index in [4.69, 9.17) is 0 Å². The van der Waals surface area contributed by atoms with Crippen molar-refractivity contribution in [2.75, 3.05) is 13.1 Å². The maximum Gasteiger partial charge on any atom is 0.315 e. The number of carboxylic acid groups (broad SMARTS) is 1. The molecule has 0 radical (unpaired) electrons. The highest BCUT2D eigenvalue weighted by atomic mass is 16.4. The Balaban J connectivity index is 1.65. The molecule has 0 aliphatic carbocycles. The van der Waals surface area contributed by atoms with E-state index in [1.165, 1.54) is 4.90 Å². The second-order valence-electron chi connectivity index (χ2n) is 11.5. The summed E-state index contributed by atoms with van der Waals surface area (Å²) in [4.78, 5) is 26.1. The van der Waals surface area contributed by atoms with E-state index < -0.39 is 42.0 Å². The van der Waals surface area contributed by atoms with Crippen molar-refractivity contribution in [3.8, 4) is 0 Å². The number of urea groups is 1. The zero-order valence-corrected chi connectivity index (χ0v) is 24.6. The summed E-state index contributed by atoms with van der Waals surface area (Å²) in [6, 6.07) is 26.6. The van der Waals surface area contributed by atoms with E-state index in [2.05, 4.69) is 16.0 Å². The Morgan fingerprint density at radius 3 is 1.74 bits per heavy atom. The molecule has 0 unspecified atom stereocenters. The lowest BCUT2D eigenvalue weighted by molar-refractivity contribution is -0.275. The van der Waals surface area contributed by atoms with Crippen molar-refractivity contribution >= 4 is 12.1 Å². The van der Waals surface area contributed by atoms with Gasteiger partial charge in [0.25, 0.3) is 0 Å². The Morgan fingerprint density at radius 2 is 1.24 bits per heavy atom. The van der Waals surface area contributed by atoms with Gasteiger partial charge in [-0.2, -0.15) is 0 Å². The summed E-state index contributed by atoms with van der Waals surface area (Å²) in [7, 11) is 0. The molecule has 3 aromatic rings. The minimum Gasteiger partial charge on any atom is -0.530 e. The Hall–Kier alpha value is -3.92. The van der Waals surface area contributed by atoms with Gasteiger partial charge in [-0.15, -0.1) is 0 Å². The molecule has 226 valence electrons. The molecule has 0 aromatic heterocycles. The van der Waals surface area contributed by atoms with Crippen LogP contribution < -0.4 is 21.1 Å². The van der Waals surface area contributed by atoms with Gasteiger partial charge in [0.15, 0.2) is 0 Å². The predicted octanol–water partition coefficient (Wildman–Crippen LogP) is 2.46. The highest BCUT2D eigenvalue weighted by Gasteiger charge is 2.34. The van der Waals surface area contributed by atoms with Gasteiger partial charge < -0.3 is 41.0 Å². The number of hydrogen-bond donors (Lipinski definition) is 5. The molecule has 9 nitrogen and oxygen atoms in total. The van der Waals surface area contributed by atoms with E-state index in [1.807, 2.05) is 91.0 Å². The molecule has 9 heteroatoms. The maximum absolute atomic E-state index is 12.7. The first-order valence-electron chi connectivity index (χ1n) is 14.3. The van der Waals surface area contributed by atoms with E-state index in [0.29, 0.717) is 13.0 Å². The van der Waals surface area contributed by atoms with Crippen LogP contribution in [0.25, 0.3) is 0 Å². The third-order valence-electron chi connectivity index (χ3n) is 7.07. The van der Waals surface area contributed by atoms with E-state index in [9.17, 15) is 24.9 Å². The number of amides is 3. The highest BCUT2D eigenvalue weighted by molar-refractivity contribution is 5.74. The minimum absolute atomic E-state index is 0.0205. The van der Waals surface area contributed by atoms with Crippen molar-refractivity contribution in [1.29, 1.82) is 0 Å². The number of aliphatic hydroxyl groups is 2. The quantitative estimate of drug-likeness (QED) is 0.200. The van der Waals surface area contributed by atoms with Crippen LogP contribution >= 0.6 is 0 Å². The highest BCUT2D eigenvalue weighted by Crippen LogP contribution is 2.22. The normalized spacial score (nSPS) is 14.3. The van der Waals surface area contributed by atoms with Gasteiger partial charge in [-0.1, -0.05) is 91.0 Å². The van der Waals surface area contributed by atoms with E-state index in [-0.39, 0.29) is 19.5 Å². The van der Waals surface area contributed by atoms with Crippen molar-refractivity contribution in [3.63, 3.8) is 0 Å². The van der Waals surface area contributed by atoms with Crippen molar-refractivity contribution in [2.24, 2.45) is 0 Å². The molecule has 3 amide bonds. The van der Waals surface area contributed by atoms with Crippen LogP contribution in [0.3, 0.4) is 0 Å². The molecule has 0 fully saturated rings. The Bertz CT molecular complexity index is 1220. The minimum atomic E-state index is -1.36. The van der Waals surface area contributed by atoms with Gasteiger partial charge in [-0.3, -0.25) is 0 Å². The summed E-state index contributed by atoms with van der Waals surface area (Å²) in [5.41, 5.74) is 1.97. The van der Waals surface area contributed by atoms with Gasteiger partial charge in [-0.05, 0) is 50.3 Å². The van der Waals surface area contributed by atoms with Crippen molar-refractivity contribution in [1.82, 2.24) is 20.9 Å². The molecular formula is C33H43N4O5-. The smallest absolute Gasteiger partial charge is 0.315 e. The molecule has 0 heterocycles. The number of carbonyl (C=O) groups is 2. The van der Waals surface area contributed by atoms with Gasteiger partial charge in [0, 0.05) is 25.2 Å². The maximum atomic E-state index is 12.7. The van der Waals surface area contributed by atoms with Gasteiger partial charge in [0.1, 0.15) is 6.09 Å². The summed E-state index contributed by atoms with van der Waals surface area (Å²) in [6.45, 7) is 5.70. The predicted molar refractivity (Wildman–Crippen MR) is 162 cm³/mol. The SMILES string of the molecule is CC(C)(C)N(C(=O)[O-])[C@@H](Cc1ccccc1)[C@H](O)CNC[C@@H](O)[C@H](Cc1ccccc1)NC(=O)NCc1ccccc1. The van der Waals surface area contributed by atoms with Gasteiger partial charge >= 0.3 is 6.03 Å². The second-order valence-corrected chi connectivity index (χ2v) is 11.5. The number of hydrogen-bond acceptors (Lipinski definition) is 6. The third-order valence-corrected chi connectivity index (χ3v) is 7.07. The molecule has 42 heavy (non-hydrogen) atoms. The largest absolute Gasteiger partial charge is 0.530 e. The van der Waals surface area contributed by atoms with Crippen LogP contribution in [0.2, 0.25) is 0 Å². The number of aliphatic hydroxyl groups excluding tert-OH is 2. The van der Waals surface area contributed by atoms with Crippen molar-refractivity contribution in [2.45, 2.75) is 70.0 Å². The lowest BCUT2D eigenvalue weighted by Gasteiger charge is -2.45. The summed E-state index contributed by atoms with van der Waals surface area (Å²) in [5, 5.41) is 43.3. The number of carbonyl (C=O) groups excluding carboxylic acids is 2. The first-order valence-corrected chi connectivity index (χ1v) is 14.3. The molecule has 0 aliphatic rings. The molecule has 0 aliphatic heterocycles. The summed E-state index contributed by atoms with van der Waals surface area (Å²) >= 11 is 0. The summed E-state index contributed by atoms with van der Waals surface area (Å²) < 4.78 is 0. The van der Waals surface area contributed by atoms with Crippen molar-refractivity contribution in [3.05, 3.63) is 108 Å². The molecule has 3 rings (SSSR count). The van der Waals surface area contributed by atoms with Crippen LogP contribution in [0.4, 0.5) is 9.59 Å². The second kappa shape index (κ2) is 15.9. The molecule has 0 saturated heterocycles. The fraction of sp³-hybridized carbons (Fsp3) is 0.394. The van der Waals surface area contributed by atoms with Crippen LogP contribution in [0.15, 0.2) is 91.0 Å². The summed E-state index contributed by atoms with van der Waals surface area (Å²) in [6.07, 6.45) is -2.77. The molecule has 0 bridgehead atoms. The van der Waals surface area contributed by atoms with Crippen LogP contribution in [0.1, 0.15) is 37.5 Å². The number of nitrogens with one attached hydrogen (secondary N) is 3. The fourth-order valence-electron chi connectivity index (χ4n) is 4.97. The lowest BCUT2D eigenvalue weighted by Crippen LogP contribution is -2.62. The Labute approximate surface area is 248 Å². The van der Waals surface area contributed by atoms with Crippen LogP contribution in [-0.4, -0.2) is 70.2 Å². The average Bonchev–Trinajstić information content (AvgIpc) is 2.96. The summed E-state index contributed by atoms with van der Waals surface area (Å²) in [5.74, 6) is 0. The van der Waals surface area contributed by atoms with Gasteiger partial charge in [0.2, 0.25) is 0 Å². The van der Waals surface area contributed by atoms with E-state index >= 15 is 0 Å². The first-order chi connectivity index (χ1) is 20.0. The third kappa shape index (κ3) is 10.5. The van der Waals surface area contributed by atoms with Crippen molar-refractivity contribution < 1.29 is 24.9 Å². The van der Waals surface area contributed by atoms with Crippen LogP contribution in [0.5, 0.6) is 0 Å². The molecule has 0 saturated carbocycles. The Morgan fingerprint density at radius 1 is 0.762 bits per heavy atom. The van der Waals surface area contributed by atoms with Crippen LogP contribution in [0, 0.1) is 0 Å².